The summed E-state index contributed by atoms with van der Waals surface area (Å²) in [7, 11) is 0. The maximum atomic E-state index is 12.1. The first kappa shape index (κ1) is 39.0. The molecule has 0 radical (unpaired) electrons. The Hall–Kier alpha value is -0.820. The van der Waals surface area contributed by atoms with Crippen molar-refractivity contribution in [2.24, 2.45) is 46.3 Å². The Bertz CT molecular complexity index is 1370. The Labute approximate surface area is 311 Å². The van der Waals surface area contributed by atoms with Crippen LogP contribution in [-0.4, -0.2) is 146 Å². The molecule has 0 aromatic rings. The standard InChI is InChI=1S/C39H62O14/c1-16-8-11-39(48-15-16)17(2)26-23(53-39)13-22-20-7-6-19-12-24(29(43)34(47)38(19,5)21(20)9-10-37(22,26)4)50-36-33(31(45)28(42)25(14-40)51-36)52-35-32(46)30(44)27(41)18(3)49-35/h6,16-18,20-36,40-47H,7-15H2,1-5H3/t16-,17-,18-,20+,21-,22-,23-,24+,25+,26-,27-,28-,29-,30+,31-,32+,33+,34+,35-,36+,37-,38-,39+/m0/s1. The van der Waals surface area contributed by atoms with Crippen molar-refractivity contribution in [2.75, 3.05) is 13.2 Å². The Morgan fingerprint density at radius 1 is 0.811 bits per heavy atom. The van der Waals surface area contributed by atoms with Crippen LogP contribution in [0.1, 0.15) is 79.6 Å². The van der Waals surface area contributed by atoms with E-state index in [2.05, 4.69) is 33.8 Å². The van der Waals surface area contributed by atoms with Gasteiger partial charge in [0, 0.05) is 17.8 Å². The molecule has 23 atom stereocenters. The van der Waals surface area contributed by atoms with Gasteiger partial charge in [0.2, 0.25) is 0 Å². The van der Waals surface area contributed by atoms with Gasteiger partial charge in [0.15, 0.2) is 18.4 Å². The van der Waals surface area contributed by atoms with E-state index in [9.17, 15) is 40.9 Å². The largest absolute Gasteiger partial charge is 0.394 e. The van der Waals surface area contributed by atoms with E-state index in [1.165, 1.54) is 6.92 Å². The van der Waals surface area contributed by atoms with Crippen LogP contribution in [0, 0.1) is 46.3 Å². The van der Waals surface area contributed by atoms with Gasteiger partial charge >= 0.3 is 0 Å². The van der Waals surface area contributed by atoms with Crippen molar-refractivity contribution < 1.29 is 69.3 Å². The summed E-state index contributed by atoms with van der Waals surface area (Å²) < 4.78 is 37.1. The second-order valence-corrected chi connectivity index (χ2v) is 18.4. The quantitative estimate of drug-likeness (QED) is 0.178. The van der Waals surface area contributed by atoms with Crippen LogP contribution in [0.4, 0.5) is 0 Å². The van der Waals surface area contributed by atoms with Crippen LogP contribution in [0.15, 0.2) is 11.6 Å². The molecule has 8 N–H and O–H groups in total. The van der Waals surface area contributed by atoms with Gasteiger partial charge in [-0.15, -0.1) is 0 Å². The molecular formula is C39H62O14. The minimum Gasteiger partial charge on any atom is -0.394 e. The summed E-state index contributed by atoms with van der Waals surface area (Å²) in [5.41, 5.74) is 0.356. The molecule has 53 heavy (non-hydrogen) atoms. The minimum atomic E-state index is -1.71. The smallest absolute Gasteiger partial charge is 0.187 e. The Morgan fingerprint density at radius 2 is 1.57 bits per heavy atom. The molecule has 0 amide bonds. The van der Waals surface area contributed by atoms with E-state index < -0.39 is 97.5 Å². The van der Waals surface area contributed by atoms with Crippen LogP contribution < -0.4 is 0 Å². The summed E-state index contributed by atoms with van der Waals surface area (Å²) in [4.78, 5) is 0. The summed E-state index contributed by atoms with van der Waals surface area (Å²) in [5, 5.41) is 86.8. The number of aliphatic hydroxyl groups is 8. The zero-order chi connectivity index (χ0) is 37.9. The first-order valence-corrected chi connectivity index (χ1v) is 20.1. The van der Waals surface area contributed by atoms with E-state index in [-0.39, 0.29) is 23.9 Å². The lowest BCUT2D eigenvalue weighted by atomic mass is 9.46. The second-order valence-electron chi connectivity index (χ2n) is 18.4. The predicted molar refractivity (Wildman–Crippen MR) is 184 cm³/mol. The highest BCUT2D eigenvalue weighted by Crippen LogP contribution is 2.70. The lowest BCUT2D eigenvalue weighted by Crippen LogP contribution is -2.66. The van der Waals surface area contributed by atoms with E-state index in [4.69, 9.17) is 28.4 Å². The fourth-order valence-electron chi connectivity index (χ4n) is 12.6. The summed E-state index contributed by atoms with van der Waals surface area (Å²) in [6, 6.07) is 0. The topological polar surface area (TPSA) is 217 Å². The van der Waals surface area contributed by atoms with E-state index in [1.807, 2.05) is 0 Å². The van der Waals surface area contributed by atoms with Crippen LogP contribution in [-0.2, 0) is 28.4 Å². The Kier molecular flexibility index (Phi) is 10.3. The molecule has 1 spiro atoms. The van der Waals surface area contributed by atoms with Crippen molar-refractivity contribution in [1.29, 1.82) is 0 Å². The van der Waals surface area contributed by atoms with Gasteiger partial charge in [0.1, 0.15) is 48.8 Å². The molecule has 4 aliphatic heterocycles. The molecule has 14 nitrogen and oxygen atoms in total. The minimum absolute atomic E-state index is 0.0797. The fourth-order valence-corrected chi connectivity index (χ4v) is 12.6. The highest BCUT2D eigenvalue weighted by atomic mass is 16.8. The predicted octanol–water partition coefficient (Wildman–Crippen LogP) is 0.332. The average Bonchev–Trinajstić information content (AvgIpc) is 3.58. The summed E-state index contributed by atoms with van der Waals surface area (Å²) in [6.07, 6.45) is -9.88. The molecule has 3 saturated carbocycles. The summed E-state index contributed by atoms with van der Waals surface area (Å²) >= 11 is 0. The number of hydrogen-bond donors (Lipinski definition) is 8. The molecule has 302 valence electrons. The van der Waals surface area contributed by atoms with Gasteiger partial charge in [-0.25, -0.2) is 0 Å². The van der Waals surface area contributed by atoms with Gasteiger partial charge in [-0.05, 0) is 80.5 Å². The molecule has 7 fully saturated rings. The van der Waals surface area contributed by atoms with Gasteiger partial charge < -0.3 is 69.3 Å². The van der Waals surface area contributed by atoms with E-state index >= 15 is 0 Å². The van der Waals surface area contributed by atoms with Crippen LogP contribution >= 0.6 is 0 Å². The van der Waals surface area contributed by atoms with Crippen LogP contribution in [0.25, 0.3) is 0 Å². The number of aliphatic hydroxyl groups excluding tert-OH is 8. The maximum Gasteiger partial charge on any atom is 0.187 e. The first-order chi connectivity index (χ1) is 25.1. The lowest BCUT2D eigenvalue weighted by molar-refractivity contribution is -0.373. The van der Waals surface area contributed by atoms with Gasteiger partial charge in [-0.1, -0.05) is 39.3 Å². The molecule has 0 aromatic carbocycles. The third-order valence-corrected chi connectivity index (χ3v) is 15.8. The Balaban J connectivity index is 1.01. The molecule has 0 bridgehead atoms. The van der Waals surface area contributed by atoms with Crippen LogP contribution in [0.3, 0.4) is 0 Å². The summed E-state index contributed by atoms with van der Waals surface area (Å²) in [5.74, 6) is 1.61. The highest BCUT2D eigenvalue weighted by molar-refractivity contribution is 5.30. The van der Waals surface area contributed by atoms with Crippen molar-refractivity contribution in [3.8, 4) is 0 Å². The van der Waals surface area contributed by atoms with Crippen molar-refractivity contribution >= 4 is 0 Å². The van der Waals surface area contributed by atoms with Crippen molar-refractivity contribution in [3.63, 3.8) is 0 Å². The van der Waals surface area contributed by atoms with Gasteiger partial charge in [0.25, 0.3) is 0 Å². The molecule has 0 unspecified atom stereocenters. The number of rotatable bonds is 5. The number of hydrogen-bond acceptors (Lipinski definition) is 14. The monoisotopic (exact) mass is 754 g/mol. The van der Waals surface area contributed by atoms with E-state index in [0.29, 0.717) is 29.6 Å². The van der Waals surface area contributed by atoms with E-state index in [1.54, 1.807) is 0 Å². The molecule has 0 aromatic heterocycles. The fraction of sp³-hybridized carbons (Fsp3) is 0.949. The SMILES string of the molecule is C[C@H]1CC[C@@]2(OC1)O[C@H]1C[C@H]3[C@@H]4CC=C5C[C@@H](O[C@@H]6O[C@H](CO)[C@H](O)[C@H](O)[C@H]6O[C@@H]6O[C@@H](C)[C@H](O)[C@@H](O)[C@H]6O)[C@H](O)[C@@H](O)[C@]5(C)[C@H]4CC[C@]3(C)[C@H]1[C@@H]2C. The zero-order valence-electron chi connectivity index (χ0n) is 31.5. The molecule has 8 aliphatic rings. The van der Waals surface area contributed by atoms with Crippen molar-refractivity contribution in [3.05, 3.63) is 11.6 Å². The van der Waals surface area contributed by atoms with Crippen molar-refractivity contribution in [1.82, 2.24) is 0 Å². The maximum absolute atomic E-state index is 12.1. The second kappa shape index (κ2) is 13.9. The zero-order valence-corrected chi connectivity index (χ0v) is 31.5. The number of fused-ring (bicyclic) bond motifs is 7. The first-order valence-electron chi connectivity index (χ1n) is 20.1. The molecule has 8 rings (SSSR count). The van der Waals surface area contributed by atoms with Gasteiger partial charge in [-0.3, -0.25) is 0 Å². The molecule has 14 heteroatoms. The molecule has 4 saturated heterocycles. The average molecular weight is 755 g/mol. The van der Waals surface area contributed by atoms with Crippen LogP contribution in [0.2, 0.25) is 0 Å². The van der Waals surface area contributed by atoms with Gasteiger partial charge in [-0.2, -0.15) is 0 Å². The van der Waals surface area contributed by atoms with Crippen LogP contribution in [0.5, 0.6) is 0 Å². The van der Waals surface area contributed by atoms with Gasteiger partial charge in [0.05, 0.1) is 37.6 Å². The van der Waals surface area contributed by atoms with E-state index in [0.717, 1.165) is 50.7 Å². The molecular weight excluding hydrogens is 692 g/mol. The van der Waals surface area contributed by atoms with Crippen molar-refractivity contribution in [2.45, 2.75) is 171 Å². The molecule has 4 aliphatic carbocycles. The third-order valence-electron chi connectivity index (χ3n) is 15.8. The Morgan fingerprint density at radius 3 is 2.26 bits per heavy atom. The number of ether oxygens (including phenoxy) is 6. The third kappa shape index (κ3) is 5.87. The lowest BCUT2D eigenvalue weighted by Gasteiger charge is -2.60. The summed E-state index contributed by atoms with van der Waals surface area (Å²) in [6.45, 7) is 10.6. The molecule has 4 heterocycles. The normalized spacial score (nSPS) is 59.5. The highest BCUT2D eigenvalue weighted by Gasteiger charge is 2.70. The number of allylic oxidation sites excluding steroid dienone is 1.